The summed E-state index contributed by atoms with van der Waals surface area (Å²) in [5, 5.41) is 0. The van der Waals surface area contributed by atoms with E-state index in [0.717, 1.165) is 12.2 Å². The quantitative estimate of drug-likeness (QED) is 0.779. The van der Waals surface area contributed by atoms with Gasteiger partial charge in [-0.3, -0.25) is 4.79 Å². The molecule has 0 N–H and O–H groups in total. The Kier molecular flexibility index (Phi) is 2.17. The fraction of sp³-hybridized carbons (Fsp3) is 0.615. The minimum atomic E-state index is 0.0573. The van der Waals surface area contributed by atoms with Crippen LogP contribution in [0.5, 0.6) is 0 Å². The van der Waals surface area contributed by atoms with Crippen LogP contribution in [0.4, 0.5) is 0 Å². The molecule has 18 heavy (non-hydrogen) atoms. The van der Waals surface area contributed by atoms with E-state index < -0.39 is 0 Å². The van der Waals surface area contributed by atoms with Crippen LogP contribution in [0.15, 0.2) is 12.4 Å². The average molecular weight is 245 g/mol. The minimum absolute atomic E-state index is 0.0573. The molecule has 1 aliphatic carbocycles. The number of amides is 1. The normalized spacial score (nSPS) is 29.9. The summed E-state index contributed by atoms with van der Waals surface area (Å²) in [5.41, 5.74) is 0.607. The summed E-state index contributed by atoms with van der Waals surface area (Å²) in [6.45, 7) is 1.34. The van der Waals surface area contributed by atoms with Crippen LogP contribution >= 0.6 is 0 Å². The SMILES string of the molecule is O=C(c1cnc(C2CC2)nc1)N1C2COCC1C2. The predicted octanol–water partition coefficient (Wildman–Crippen LogP) is 0.967. The van der Waals surface area contributed by atoms with Crippen molar-refractivity contribution in [1.29, 1.82) is 0 Å². The molecular weight excluding hydrogens is 230 g/mol. The van der Waals surface area contributed by atoms with Crippen molar-refractivity contribution in [2.45, 2.75) is 37.3 Å². The Morgan fingerprint density at radius 2 is 1.89 bits per heavy atom. The molecule has 2 bridgehead atoms. The van der Waals surface area contributed by atoms with E-state index in [1.807, 2.05) is 4.90 Å². The molecule has 94 valence electrons. The highest BCUT2D eigenvalue weighted by molar-refractivity contribution is 5.94. The first kappa shape index (κ1) is 10.4. The van der Waals surface area contributed by atoms with Gasteiger partial charge in [0, 0.05) is 18.3 Å². The lowest BCUT2D eigenvalue weighted by Crippen LogP contribution is -2.65. The van der Waals surface area contributed by atoms with E-state index in [-0.39, 0.29) is 18.0 Å². The van der Waals surface area contributed by atoms with Crippen molar-refractivity contribution in [2.24, 2.45) is 0 Å². The molecule has 0 radical (unpaired) electrons. The summed E-state index contributed by atoms with van der Waals surface area (Å²) in [5.74, 6) is 1.48. The standard InChI is InChI=1S/C13H15N3O2/c17-13(16-10-3-11(16)7-18-6-10)9-4-14-12(15-5-9)8-1-2-8/h4-5,8,10-11H,1-3,6-7H2. The average Bonchev–Trinajstić information content (AvgIpc) is 3.24. The van der Waals surface area contributed by atoms with Crippen molar-refractivity contribution in [3.63, 3.8) is 0 Å². The second kappa shape index (κ2) is 3.75. The third-order valence-corrected chi connectivity index (χ3v) is 4.05. The molecule has 3 fully saturated rings. The number of rotatable bonds is 2. The van der Waals surface area contributed by atoms with Crippen LogP contribution in [-0.2, 0) is 4.74 Å². The van der Waals surface area contributed by atoms with Gasteiger partial charge in [-0.15, -0.1) is 0 Å². The van der Waals surface area contributed by atoms with E-state index in [9.17, 15) is 4.79 Å². The Labute approximate surface area is 105 Å². The van der Waals surface area contributed by atoms with Gasteiger partial charge in [-0.25, -0.2) is 9.97 Å². The first-order valence-corrected chi connectivity index (χ1v) is 6.55. The highest BCUT2D eigenvalue weighted by atomic mass is 16.5. The number of hydrogen-bond donors (Lipinski definition) is 0. The van der Waals surface area contributed by atoms with Crippen molar-refractivity contribution in [1.82, 2.24) is 14.9 Å². The fourth-order valence-corrected chi connectivity index (χ4v) is 2.82. The van der Waals surface area contributed by atoms with E-state index in [2.05, 4.69) is 9.97 Å². The molecule has 1 amide bonds. The lowest BCUT2D eigenvalue weighted by molar-refractivity contribution is -0.104. The Hall–Kier alpha value is -1.49. The number of hydrogen-bond acceptors (Lipinski definition) is 4. The molecule has 4 rings (SSSR count). The van der Waals surface area contributed by atoms with Crippen molar-refractivity contribution >= 4 is 5.91 Å². The first-order valence-electron chi connectivity index (χ1n) is 6.55. The number of fused-ring (bicyclic) bond motifs is 2. The summed E-state index contributed by atoms with van der Waals surface area (Å²) in [6.07, 6.45) is 6.80. The van der Waals surface area contributed by atoms with Gasteiger partial charge in [0.1, 0.15) is 5.82 Å². The van der Waals surface area contributed by atoms with E-state index in [0.29, 0.717) is 24.7 Å². The zero-order valence-electron chi connectivity index (χ0n) is 10.1. The van der Waals surface area contributed by atoms with Crippen LogP contribution in [-0.4, -0.2) is 46.1 Å². The summed E-state index contributed by atoms with van der Waals surface area (Å²) in [6, 6.07) is 0.527. The molecule has 1 aromatic heterocycles. The zero-order chi connectivity index (χ0) is 12.1. The molecule has 0 spiro atoms. The molecule has 5 heteroatoms. The Morgan fingerprint density at radius 3 is 2.44 bits per heavy atom. The monoisotopic (exact) mass is 245 g/mol. The van der Waals surface area contributed by atoms with Gasteiger partial charge in [-0.05, 0) is 19.3 Å². The topological polar surface area (TPSA) is 55.3 Å². The third kappa shape index (κ3) is 1.54. The molecule has 0 aromatic carbocycles. The van der Waals surface area contributed by atoms with Gasteiger partial charge in [-0.2, -0.15) is 0 Å². The van der Waals surface area contributed by atoms with E-state index in [4.69, 9.17) is 4.74 Å². The second-order valence-electron chi connectivity index (χ2n) is 5.40. The smallest absolute Gasteiger partial charge is 0.257 e. The highest BCUT2D eigenvalue weighted by Crippen LogP contribution is 2.38. The Bertz CT molecular complexity index is 470. The number of morpholine rings is 1. The number of aromatic nitrogens is 2. The van der Waals surface area contributed by atoms with Gasteiger partial charge in [0.15, 0.2) is 0 Å². The number of nitrogens with zero attached hydrogens (tertiary/aromatic N) is 3. The first-order chi connectivity index (χ1) is 8.83. The summed E-state index contributed by atoms with van der Waals surface area (Å²) < 4.78 is 5.38. The maximum Gasteiger partial charge on any atom is 0.257 e. The molecule has 5 nitrogen and oxygen atoms in total. The van der Waals surface area contributed by atoms with Crippen LogP contribution in [0.2, 0.25) is 0 Å². The van der Waals surface area contributed by atoms with Crippen LogP contribution in [0.1, 0.15) is 41.4 Å². The molecule has 3 aliphatic rings. The van der Waals surface area contributed by atoms with Crippen molar-refractivity contribution < 1.29 is 9.53 Å². The third-order valence-electron chi connectivity index (χ3n) is 4.05. The maximum atomic E-state index is 12.3. The summed E-state index contributed by atoms with van der Waals surface area (Å²) >= 11 is 0. The number of ether oxygens (including phenoxy) is 1. The molecule has 2 unspecified atom stereocenters. The Morgan fingerprint density at radius 1 is 1.22 bits per heavy atom. The van der Waals surface area contributed by atoms with Gasteiger partial charge in [0.25, 0.3) is 5.91 Å². The molecule has 1 aromatic rings. The van der Waals surface area contributed by atoms with Gasteiger partial charge < -0.3 is 9.64 Å². The molecule has 2 saturated heterocycles. The Balaban J connectivity index is 1.53. The zero-order valence-corrected chi connectivity index (χ0v) is 10.1. The lowest BCUT2D eigenvalue weighted by Gasteiger charge is -2.52. The number of carbonyl (C=O) groups excluding carboxylic acids is 1. The van der Waals surface area contributed by atoms with Crippen molar-refractivity contribution in [3.8, 4) is 0 Å². The molecule has 3 heterocycles. The van der Waals surface area contributed by atoms with Crippen molar-refractivity contribution in [2.75, 3.05) is 13.2 Å². The second-order valence-corrected chi connectivity index (χ2v) is 5.40. The number of carbonyl (C=O) groups is 1. The molecule has 2 atom stereocenters. The maximum absolute atomic E-state index is 12.3. The van der Waals surface area contributed by atoms with Gasteiger partial charge in [0.2, 0.25) is 0 Å². The van der Waals surface area contributed by atoms with E-state index in [1.165, 1.54) is 12.8 Å². The van der Waals surface area contributed by atoms with Crippen LogP contribution in [0.25, 0.3) is 0 Å². The van der Waals surface area contributed by atoms with Gasteiger partial charge in [-0.1, -0.05) is 0 Å². The van der Waals surface area contributed by atoms with Gasteiger partial charge >= 0.3 is 0 Å². The fourth-order valence-electron chi connectivity index (χ4n) is 2.82. The van der Waals surface area contributed by atoms with Gasteiger partial charge in [0.05, 0.1) is 30.9 Å². The van der Waals surface area contributed by atoms with Crippen molar-refractivity contribution in [3.05, 3.63) is 23.8 Å². The van der Waals surface area contributed by atoms with E-state index >= 15 is 0 Å². The highest BCUT2D eigenvalue weighted by Gasteiger charge is 2.45. The molecular formula is C13H15N3O2. The van der Waals surface area contributed by atoms with Crippen LogP contribution in [0, 0.1) is 0 Å². The lowest BCUT2D eigenvalue weighted by atomic mass is 9.90. The van der Waals surface area contributed by atoms with Crippen LogP contribution < -0.4 is 0 Å². The minimum Gasteiger partial charge on any atom is -0.377 e. The molecule has 1 saturated carbocycles. The molecule has 2 aliphatic heterocycles. The van der Waals surface area contributed by atoms with E-state index in [1.54, 1.807) is 12.4 Å². The summed E-state index contributed by atoms with van der Waals surface area (Å²) in [7, 11) is 0. The summed E-state index contributed by atoms with van der Waals surface area (Å²) in [4.78, 5) is 22.9. The van der Waals surface area contributed by atoms with Crippen LogP contribution in [0.3, 0.4) is 0 Å². The predicted molar refractivity (Wildman–Crippen MR) is 63.2 cm³/mol. The largest absolute Gasteiger partial charge is 0.377 e.